The van der Waals surface area contributed by atoms with Crippen LogP contribution in [0.2, 0.25) is 0 Å². The SMILES string of the molecule is O=C(CN1CCCCC1)N1CCO[C@H](c2ccccn2)C1. The molecule has 2 fully saturated rings. The van der Waals surface area contributed by atoms with Crippen molar-refractivity contribution in [1.82, 2.24) is 14.8 Å². The molecule has 0 N–H and O–H groups in total. The molecule has 1 aromatic rings. The lowest BCUT2D eigenvalue weighted by atomic mass is 10.1. The molecule has 0 saturated carbocycles. The first-order valence-electron chi connectivity index (χ1n) is 7.85. The molecule has 1 amide bonds. The number of likely N-dealkylation sites (tertiary alicyclic amines) is 1. The zero-order chi connectivity index (χ0) is 14.5. The molecule has 0 radical (unpaired) electrons. The number of hydrogen-bond acceptors (Lipinski definition) is 4. The summed E-state index contributed by atoms with van der Waals surface area (Å²) in [7, 11) is 0. The van der Waals surface area contributed by atoms with E-state index < -0.39 is 0 Å². The Hall–Kier alpha value is -1.46. The highest BCUT2D eigenvalue weighted by molar-refractivity contribution is 5.78. The van der Waals surface area contributed by atoms with Crippen LogP contribution in [0.25, 0.3) is 0 Å². The summed E-state index contributed by atoms with van der Waals surface area (Å²) in [4.78, 5) is 21.0. The van der Waals surface area contributed by atoms with E-state index in [1.165, 1.54) is 19.3 Å². The van der Waals surface area contributed by atoms with Gasteiger partial charge in [0.1, 0.15) is 6.10 Å². The Labute approximate surface area is 125 Å². The Balaban J connectivity index is 1.56. The van der Waals surface area contributed by atoms with Crippen LogP contribution in [0, 0.1) is 0 Å². The number of pyridine rings is 1. The highest BCUT2D eigenvalue weighted by Gasteiger charge is 2.27. The molecule has 3 rings (SSSR count). The van der Waals surface area contributed by atoms with Crippen LogP contribution in [0.15, 0.2) is 24.4 Å². The summed E-state index contributed by atoms with van der Waals surface area (Å²) in [6.45, 7) is 4.56. The van der Waals surface area contributed by atoms with Gasteiger partial charge in [0.2, 0.25) is 5.91 Å². The van der Waals surface area contributed by atoms with Gasteiger partial charge in [-0.15, -0.1) is 0 Å². The number of aromatic nitrogens is 1. The number of rotatable bonds is 3. The van der Waals surface area contributed by atoms with E-state index >= 15 is 0 Å². The first-order valence-corrected chi connectivity index (χ1v) is 7.85. The zero-order valence-electron chi connectivity index (χ0n) is 12.4. The average Bonchev–Trinajstić information content (AvgIpc) is 2.57. The van der Waals surface area contributed by atoms with Crippen LogP contribution in [0.1, 0.15) is 31.1 Å². The van der Waals surface area contributed by atoms with Gasteiger partial charge in [-0.1, -0.05) is 12.5 Å². The second-order valence-electron chi connectivity index (χ2n) is 5.79. The maximum atomic E-state index is 12.5. The van der Waals surface area contributed by atoms with Gasteiger partial charge in [0.15, 0.2) is 0 Å². The smallest absolute Gasteiger partial charge is 0.236 e. The lowest BCUT2D eigenvalue weighted by Gasteiger charge is -2.35. The highest BCUT2D eigenvalue weighted by Crippen LogP contribution is 2.20. The minimum atomic E-state index is -0.0924. The minimum absolute atomic E-state index is 0.0924. The molecule has 2 aliphatic rings. The lowest BCUT2D eigenvalue weighted by molar-refractivity contribution is -0.140. The fourth-order valence-electron chi connectivity index (χ4n) is 3.03. The summed E-state index contributed by atoms with van der Waals surface area (Å²) < 4.78 is 5.76. The van der Waals surface area contributed by atoms with Gasteiger partial charge in [0.25, 0.3) is 0 Å². The van der Waals surface area contributed by atoms with E-state index in [-0.39, 0.29) is 12.0 Å². The van der Waals surface area contributed by atoms with Gasteiger partial charge < -0.3 is 9.64 Å². The fourth-order valence-corrected chi connectivity index (χ4v) is 3.03. The van der Waals surface area contributed by atoms with Gasteiger partial charge >= 0.3 is 0 Å². The van der Waals surface area contributed by atoms with Crippen molar-refractivity contribution in [2.45, 2.75) is 25.4 Å². The minimum Gasteiger partial charge on any atom is -0.368 e. The van der Waals surface area contributed by atoms with Crippen molar-refractivity contribution in [3.63, 3.8) is 0 Å². The molecule has 21 heavy (non-hydrogen) atoms. The predicted octanol–water partition coefficient (Wildman–Crippen LogP) is 1.47. The summed E-state index contributed by atoms with van der Waals surface area (Å²) in [5.41, 5.74) is 0.910. The van der Waals surface area contributed by atoms with Crippen molar-refractivity contribution in [3.05, 3.63) is 30.1 Å². The summed E-state index contributed by atoms with van der Waals surface area (Å²) >= 11 is 0. The maximum absolute atomic E-state index is 12.5. The standard InChI is InChI=1S/C16H23N3O2/c20-16(13-18-8-4-1-5-9-18)19-10-11-21-15(12-19)14-6-2-3-7-17-14/h2-3,6-7,15H,1,4-5,8-13H2/t15-/m0/s1. The monoisotopic (exact) mass is 289 g/mol. The summed E-state index contributed by atoms with van der Waals surface area (Å²) in [5, 5.41) is 0. The molecule has 0 aromatic carbocycles. The van der Waals surface area contributed by atoms with Crippen molar-refractivity contribution in [3.8, 4) is 0 Å². The molecule has 2 saturated heterocycles. The van der Waals surface area contributed by atoms with Crippen LogP contribution in [-0.4, -0.2) is 60.0 Å². The molecule has 5 heteroatoms. The first kappa shape index (κ1) is 14.5. The van der Waals surface area contributed by atoms with Gasteiger partial charge in [-0.2, -0.15) is 0 Å². The number of ether oxygens (including phenoxy) is 1. The normalized spacial score (nSPS) is 24.0. The third-order valence-electron chi connectivity index (χ3n) is 4.24. The summed E-state index contributed by atoms with van der Waals surface area (Å²) in [5.74, 6) is 0.223. The Kier molecular flexibility index (Phi) is 4.83. The van der Waals surface area contributed by atoms with Crippen LogP contribution < -0.4 is 0 Å². The van der Waals surface area contributed by atoms with E-state index in [1.807, 2.05) is 23.1 Å². The predicted molar refractivity (Wildman–Crippen MR) is 79.8 cm³/mol. The van der Waals surface area contributed by atoms with Crippen LogP contribution in [0.5, 0.6) is 0 Å². The number of hydrogen-bond donors (Lipinski definition) is 0. The molecular formula is C16H23N3O2. The number of carbonyl (C=O) groups is 1. The van der Waals surface area contributed by atoms with Crippen molar-refractivity contribution < 1.29 is 9.53 Å². The molecule has 1 atom stereocenters. The van der Waals surface area contributed by atoms with Gasteiger partial charge in [-0.05, 0) is 38.1 Å². The van der Waals surface area contributed by atoms with E-state index in [0.717, 1.165) is 18.8 Å². The molecule has 0 bridgehead atoms. The molecule has 1 aromatic heterocycles. The van der Waals surface area contributed by atoms with E-state index in [1.54, 1.807) is 6.20 Å². The van der Waals surface area contributed by atoms with Crippen molar-refractivity contribution >= 4 is 5.91 Å². The quantitative estimate of drug-likeness (QED) is 0.845. The Bertz CT molecular complexity index is 460. The Morgan fingerprint density at radius 1 is 1.24 bits per heavy atom. The maximum Gasteiger partial charge on any atom is 0.236 e. The third-order valence-corrected chi connectivity index (χ3v) is 4.24. The molecule has 3 heterocycles. The van der Waals surface area contributed by atoms with Crippen LogP contribution in [0.4, 0.5) is 0 Å². The van der Waals surface area contributed by atoms with Crippen LogP contribution in [0.3, 0.4) is 0 Å². The lowest BCUT2D eigenvalue weighted by Crippen LogP contribution is -2.47. The zero-order valence-corrected chi connectivity index (χ0v) is 12.4. The van der Waals surface area contributed by atoms with E-state index in [4.69, 9.17) is 4.74 Å². The summed E-state index contributed by atoms with van der Waals surface area (Å²) in [6.07, 6.45) is 5.40. The molecule has 0 aliphatic carbocycles. The van der Waals surface area contributed by atoms with Crippen LogP contribution in [-0.2, 0) is 9.53 Å². The number of carbonyl (C=O) groups excluding carboxylic acids is 1. The van der Waals surface area contributed by atoms with Gasteiger partial charge in [-0.25, -0.2) is 0 Å². The number of amides is 1. The van der Waals surface area contributed by atoms with E-state index in [0.29, 0.717) is 26.2 Å². The van der Waals surface area contributed by atoms with Crippen molar-refractivity contribution in [1.29, 1.82) is 0 Å². The van der Waals surface area contributed by atoms with Crippen molar-refractivity contribution in [2.75, 3.05) is 39.3 Å². The molecule has 0 spiro atoms. The number of morpholine rings is 1. The number of piperidine rings is 1. The topological polar surface area (TPSA) is 45.7 Å². The number of nitrogens with zero attached hydrogens (tertiary/aromatic N) is 3. The van der Waals surface area contributed by atoms with Gasteiger partial charge in [0, 0.05) is 12.7 Å². The fraction of sp³-hybridized carbons (Fsp3) is 0.625. The third kappa shape index (κ3) is 3.80. The average molecular weight is 289 g/mol. The molecule has 5 nitrogen and oxygen atoms in total. The molecule has 114 valence electrons. The summed E-state index contributed by atoms with van der Waals surface area (Å²) in [6, 6.07) is 5.81. The Morgan fingerprint density at radius 3 is 2.86 bits per heavy atom. The largest absolute Gasteiger partial charge is 0.368 e. The Morgan fingerprint density at radius 2 is 2.10 bits per heavy atom. The van der Waals surface area contributed by atoms with Crippen LogP contribution >= 0.6 is 0 Å². The first-order chi connectivity index (χ1) is 10.3. The molecule has 0 unspecified atom stereocenters. The second-order valence-corrected chi connectivity index (χ2v) is 5.79. The molecular weight excluding hydrogens is 266 g/mol. The van der Waals surface area contributed by atoms with Crippen molar-refractivity contribution in [2.24, 2.45) is 0 Å². The van der Waals surface area contributed by atoms with Gasteiger partial charge in [0.05, 0.1) is 25.4 Å². The van der Waals surface area contributed by atoms with E-state index in [9.17, 15) is 4.79 Å². The second kappa shape index (κ2) is 7.00. The highest BCUT2D eigenvalue weighted by atomic mass is 16.5. The van der Waals surface area contributed by atoms with Gasteiger partial charge in [-0.3, -0.25) is 14.7 Å². The molecule has 2 aliphatic heterocycles. The van der Waals surface area contributed by atoms with E-state index in [2.05, 4.69) is 9.88 Å².